The van der Waals surface area contributed by atoms with Crippen molar-refractivity contribution >= 4 is 11.9 Å². The first kappa shape index (κ1) is 20.8. The molecular weight excluding hydrogens is 372 g/mol. The van der Waals surface area contributed by atoms with E-state index in [0.29, 0.717) is 25.1 Å². The molecular formula is C22H26N2O5. The Morgan fingerprint density at radius 3 is 2.59 bits per heavy atom. The van der Waals surface area contributed by atoms with Gasteiger partial charge in [-0.3, -0.25) is 14.6 Å². The normalized spacial score (nSPS) is 18.7. The van der Waals surface area contributed by atoms with Gasteiger partial charge in [0.15, 0.2) is 0 Å². The van der Waals surface area contributed by atoms with Crippen molar-refractivity contribution in [2.45, 2.75) is 26.9 Å². The van der Waals surface area contributed by atoms with Gasteiger partial charge in [-0.15, -0.1) is 0 Å². The zero-order chi connectivity index (χ0) is 21.0. The lowest BCUT2D eigenvalue weighted by molar-refractivity contribution is -0.151. The number of nitrogens with zero attached hydrogens (tertiary/aromatic N) is 2. The minimum Gasteiger partial charge on any atom is -0.488 e. The molecule has 1 saturated heterocycles. The molecule has 1 aliphatic rings. The number of hydrogen-bond acceptors (Lipinski definition) is 5. The maximum atomic E-state index is 13.0. The lowest BCUT2D eigenvalue weighted by Crippen LogP contribution is -2.40. The van der Waals surface area contributed by atoms with Crippen LogP contribution in [0.2, 0.25) is 0 Å². The van der Waals surface area contributed by atoms with Crippen molar-refractivity contribution in [1.29, 1.82) is 0 Å². The highest BCUT2D eigenvalue weighted by molar-refractivity contribution is 5.95. The molecule has 1 aliphatic heterocycles. The molecule has 2 aromatic rings. The molecule has 0 spiro atoms. The van der Waals surface area contributed by atoms with E-state index in [1.54, 1.807) is 29.4 Å². The van der Waals surface area contributed by atoms with Crippen LogP contribution in [0.25, 0.3) is 0 Å². The zero-order valence-electron chi connectivity index (χ0n) is 17.0. The number of aryl methyl sites for hydroxylation is 2. The van der Waals surface area contributed by atoms with E-state index in [1.807, 2.05) is 26.0 Å². The summed E-state index contributed by atoms with van der Waals surface area (Å²) in [5, 5.41) is 9.60. The van der Waals surface area contributed by atoms with Gasteiger partial charge in [0.1, 0.15) is 17.8 Å². The van der Waals surface area contributed by atoms with Crippen LogP contribution in [-0.4, -0.2) is 53.7 Å². The fraction of sp³-hybridized carbons (Fsp3) is 0.409. The highest BCUT2D eigenvalue weighted by Gasteiger charge is 2.46. The molecule has 1 atom stereocenters. The molecule has 0 saturated carbocycles. The Morgan fingerprint density at radius 1 is 1.28 bits per heavy atom. The van der Waals surface area contributed by atoms with Crippen molar-refractivity contribution in [3.63, 3.8) is 0 Å². The highest BCUT2D eigenvalue weighted by atomic mass is 16.5. The first-order chi connectivity index (χ1) is 13.9. The van der Waals surface area contributed by atoms with E-state index >= 15 is 0 Å². The average molecular weight is 398 g/mol. The maximum absolute atomic E-state index is 13.0. The molecule has 154 valence electrons. The van der Waals surface area contributed by atoms with E-state index in [4.69, 9.17) is 9.47 Å². The van der Waals surface area contributed by atoms with Crippen LogP contribution >= 0.6 is 0 Å². The summed E-state index contributed by atoms with van der Waals surface area (Å²) in [5.41, 5.74) is 2.18. The van der Waals surface area contributed by atoms with Gasteiger partial charge in [0.05, 0.1) is 6.61 Å². The lowest BCUT2D eigenvalue weighted by Gasteiger charge is -2.24. The summed E-state index contributed by atoms with van der Waals surface area (Å²) in [6.07, 6.45) is 3.85. The van der Waals surface area contributed by atoms with Gasteiger partial charge in [0.2, 0.25) is 0 Å². The van der Waals surface area contributed by atoms with Gasteiger partial charge >= 0.3 is 5.97 Å². The summed E-state index contributed by atoms with van der Waals surface area (Å²) in [5.74, 6) is -0.360. The molecule has 1 N–H and O–H groups in total. The van der Waals surface area contributed by atoms with Crippen molar-refractivity contribution < 1.29 is 24.2 Å². The number of hydrogen-bond donors (Lipinski definition) is 1. The molecule has 1 amide bonds. The number of carboxylic acids is 1. The second kappa shape index (κ2) is 8.61. The minimum atomic E-state index is -1.04. The Morgan fingerprint density at radius 2 is 2.00 bits per heavy atom. The van der Waals surface area contributed by atoms with Crippen LogP contribution in [0.15, 0.2) is 36.7 Å². The zero-order valence-corrected chi connectivity index (χ0v) is 17.0. The van der Waals surface area contributed by atoms with Crippen molar-refractivity contribution in [1.82, 2.24) is 9.88 Å². The van der Waals surface area contributed by atoms with E-state index < -0.39 is 11.4 Å². The van der Waals surface area contributed by atoms with E-state index in [-0.39, 0.29) is 19.1 Å². The van der Waals surface area contributed by atoms with Gasteiger partial charge in [-0.05, 0) is 49.6 Å². The van der Waals surface area contributed by atoms with Crippen molar-refractivity contribution in [3.05, 3.63) is 58.9 Å². The van der Waals surface area contributed by atoms with Gasteiger partial charge in [-0.1, -0.05) is 6.07 Å². The first-order valence-corrected chi connectivity index (χ1v) is 9.51. The quantitative estimate of drug-likeness (QED) is 0.772. The molecule has 0 aliphatic carbocycles. The summed E-state index contributed by atoms with van der Waals surface area (Å²) in [6, 6.07) is 7.39. The van der Waals surface area contributed by atoms with Crippen LogP contribution in [-0.2, 0) is 16.1 Å². The second-order valence-corrected chi connectivity index (χ2v) is 7.58. The van der Waals surface area contributed by atoms with Crippen LogP contribution in [0.3, 0.4) is 0 Å². The van der Waals surface area contributed by atoms with Crippen LogP contribution in [0.4, 0.5) is 0 Å². The highest BCUT2D eigenvalue weighted by Crippen LogP contribution is 2.33. The number of amides is 1. The molecule has 0 radical (unpaired) electrons. The third kappa shape index (κ3) is 4.40. The fourth-order valence-electron chi connectivity index (χ4n) is 3.80. The van der Waals surface area contributed by atoms with Gasteiger partial charge in [-0.2, -0.15) is 0 Å². The minimum absolute atomic E-state index is 0.0886. The van der Waals surface area contributed by atoms with Crippen molar-refractivity contribution in [2.75, 3.05) is 26.8 Å². The Hall–Kier alpha value is -2.93. The Labute approximate surface area is 170 Å². The number of carbonyl (C=O) groups is 2. The second-order valence-electron chi connectivity index (χ2n) is 7.58. The monoisotopic (exact) mass is 398 g/mol. The number of ether oxygens (including phenoxy) is 2. The van der Waals surface area contributed by atoms with Crippen LogP contribution in [0, 0.1) is 19.3 Å². The van der Waals surface area contributed by atoms with Gasteiger partial charge in [-0.25, -0.2) is 0 Å². The summed E-state index contributed by atoms with van der Waals surface area (Å²) < 4.78 is 11.1. The topological polar surface area (TPSA) is 89.0 Å². The SMILES string of the molecule is COCC1(C(=O)O)CCN(C(=O)c2cc(C)c(OCc3cccnc3)c(C)c2)C1. The summed E-state index contributed by atoms with van der Waals surface area (Å²) in [4.78, 5) is 30.4. The third-order valence-electron chi connectivity index (χ3n) is 5.33. The van der Waals surface area contributed by atoms with Crippen molar-refractivity contribution in [2.24, 2.45) is 5.41 Å². The predicted molar refractivity (Wildman–Crippen MR) is 107 cm³/mol. The number of benzene rings is 1. The first-order valence-electron chi connectivity index (χ1n) is 9.51. The van der Waals surface area contributed by atoms with Crippen LogP contribution in [0.1, 0.15) is 33.5 Å². The largest absolute Gasteiger partial charge is 0.488 e. The number of aromatic nitrogens is 1. The molecule has 1 unspecified atom stereocenters. The Balaban J connectivity index is 1.74. The molecule has 7 heteroatoms. The van der Waals surface area contributed by atoms with E-state index in [0.717, 1.165) is 22.4 Å². The fourth-order valence-corrected chi connectivity index (χ4v) is 3.80. The molecule has 1 fully saturated rings. The Kier molecular flexibility index (Phi) is 6.17. The molecule has 3 rings (SSSR count). The number of likely N-dealkylation sites (tertiary alicyclic amines) is 1. The standard InChI is InChI=1S/C22H26N2O5/c1-15-9-18(10-16(2)19(15)29-12-17-5-4-7-23-11-17)20(25)24-8-6-22(13-24,14-28-3)21(26)27/h4-5,7,9-11H,6,8,12-14H2,1-3H3,(H,26,27). The number of carbonyl (C=O) groups excluding carboxylic acids is 1. The summed E-state index contributed by atoms with van der Waals surface area (Å²) in [7, 11) is 1.48. The van der Waals surface area contributed by atoms with Gasteiger partial charge < -0.3 is 19.5 Å². The molecule has 2 heterocycles. The molecule has 1 aromatic heterocycles. The van der Waals surface area contributed by atoms with Gasteiger partial charge in [0, 0.05) is 43.7 Å². The summed E-state index contributed by atoms with van der Waals surface area (Å²) >= 11 is 0. The van der Waals surface area contributed by atoms with Crippen LogP contribution in [0.5, 0.6) is 5.75 Å². The summed E-state index contributed by atoms with van der Waals surface area (Å²) in [6.45, 7) is 4.83. The number of pyridine rings is 1. The van der Waals surface area contributed by atoms with Crippen molar-refractivity contribution in [3.8, 4) is 5.75 Å². The number of rotatable bonds is 7. The number of carboxylic acid groups (broad SMARTS) is 1. The predicted octanol–water partition coefficient (Wildman–Crippen LogP) is 2.84. The smallest absolute Gasteiger partial charge is 0.313 e. The molecule has 7 nitrogen and oxygen atoms in total. The molecule has 0 bridgehead atoms. The van der Waals surface area contributed by atoms with E-state index in [2.05, 4.69) is 4.98 Å². The maximum Gasteiger partial charge on any atom is 0.313 e. The number of aliphatic carboxylic acids is 1. The van der Waals surface area contributed by atoms with E-state index in [1.165, 1.54) is 7.11 Å². The lowest BCUT2D eigenvalue weighted by atomic mass is 9.88. The Bertz CT molecular complexity index is 876. The van der Waals surface area contributed by atoms with Gasteiger partial charge in [0.25, 0.3) is 5.91 Å². The number of methoxy groups -OCH3 is 1. The van der Waals surface area contributed by atoms with E-state index in [9.17, 15) is 14.7 Å². The molecule has 29 heavy (non-hydrogen) atoms. The average Bonchev–Trinajstić information content (AvgIpc) is 3.13. The molecule has 1 aromatic carbocycles. The third-order valence-corrected chi connectivity index (χ3v) is 5.33. The van der Waals surface area contributed by atoms with Crippen LogP contribution < -0.4 is 4.74 Å².